The third-order valence-corrected chi connectivity index (χ3v) is 6.94. The second-order valence-electron chi connectivity index (χ2n) is 9.56. The first-order valence-corrected chi connectivity index (χ1v) is 12.0. The van der Waals surface area contributed by atoms with Crippen LogP contribution in [0.5, 0.6) is 0 Å². The molecule has 3 fully saturated rings. The van der Waals surface area contributed by atoms with Gasteiger partial charge in [-0.25, -0.2) is 9.59 Å². The molecular formula is C24H31N5O6. The number of para-hydroxylation sites is 1. The molecule has 11 nitrogen and oxygen atoms in total. The SMILES string of the molecule is CC1CCC2(CC1)NC(=O)N(NC(=O)COC(=O)C1CCCN(C(=O)Nc3ccccc3)C1)C2=O. The predicted octanol–water partition coefficient (Wildman–Crippen LogP) is 2.01. The number of likely N-dealkylation sites (tertiary alicyclic amines) is 1. The molecule has 1 aromatic carbocycles. The second kappa shape index (κ2) is 10.3. The Morgan fingerprint density at radius 2 is 1.83 bits per heavy atom. The summed E-state index contributed by atoms with van der Waals surface area (Å²) in [5.74, 6) is -1.96. The Kier molecular flexibility index (Phi) is 7.23. The summed E-state index contributed by atoms with van der Waals surface area (Å²) in [6, 6.07) is 8.02. The number of ether oxygens (including phenoxy) is 1. The maximum atomic E-state index is 12.8. The summed E-state index contributed by atoms with van der Waals surface area (Å²) in [7, 11) is 0. The van der Waals surface area contributed by atoms with Gasteiger partial charge in [0, 0.05) is 18.8 Å². The maximum absolute atomic E-state index is 12.8. The van der Waals surface area contributed by atoms with Crippen molar-refractivity contribution in [3.05, 3.63) is 30.3 Å². The molecule has 1 saturated carbocycles. The van der Waals surface area contributed by atoms with Gasteiger partial charge in [0.2, 0.25) is 0 Å². The molecule has 1 unspecified atom stereocenters. The van der Waals surface area contributed by atoms with Crippen LogP contribution in [0.1, 0.15) is 45.4 Å². The summed E-state index contributed by atoms with van der Waals surface area (Å²) in [5.41, 5.74) is 1.94. The van der Waals surface area contributed by atoms with Crippen LogP contribution < -0.4 is 16.1 Å². The molecule has 1 spiro atoms. The summed E-state index contributed by atoms with van der Waals surface area (Å²) in [6.45, 7) is 2.15. The van der Waals surface area contributed by atoms with Gasteiger partial charge in [-0.15, -0.1) is 0 Å². The van der Waals surface area contributed by atoms with E-state index in [1.165, 1.54) is 0 Å². The average molecular weight is 486 g/mol. The van der Waals surface area contributed by atoms with Crippen molar-refractivity contribution in [1.29, 1.82) is 0 Å². The van der Waals surface area contributed by atoms with Crippen LogP contribution in [-0.4, -0.2) is 65.0 Å². The minimum absolute atomic E-state index is 0.174. The van der Waals surface area contributed by atoms with E-state index in [0.717, 1.165) is 12.8 Å². The number of rotatable bonds is 5. The molecule has 188 valence electrons. The average Bonchev–Trinajstić information content (AvgIpc) is 3.09. The van der Waals surface area contributed by atoms with E-state index in [1.807, 2.05) is 18.2 Å². The number of anilines is 1. The minimum atomic E-state index is -0.973. The Hall–Kier alpha value is -3.63. The number of piperidine rings is 1. The highest BCUT2D eigenvalue weighted by Crippen LogP contribution is 2.35. The number of nitrogens with one attached hydrogen (secondary N) is 3. The summed E-state index contributed by atoms with van der Waals surface area (Å²) in [4.78, 5) is 64.1. The quantitative estimate of drug-likeness (QED) is 0.431. The largest absolute Gasteiger partial charge is 0.455 e. The van der Waals surface area contributed by atoms with Crippen LogP contribution in [0.25, 0.3) is 0 Å². The van der Waals surface area contributed by atoms with Crippen LogP contribution in [-0.2, 0) is 19.1 Å². The van der Waals surface area contributed by atoms with Gasteiger partial charge in [0.25, 0.3) is 11.8 Å². The first kappa shape index (κ1) is 24.5. The van der Waals surface area contributed by atoms with E-state index < -0.39 is 41.9 Å². The van der Waals surface area contributed by atoms with E-state index in [2.05, 4.69) is 23.0 Å². The number of imide groups is 1. The maximum Gasteiger partial charge on any atom is 0.344 e. The molecule has 2 heterocycles. The first-order chi connectivity index (χ1) is 16.8. The fourth-order valence-corrected chi connectivity index (χ4v) is 4.81. The lowest BCUT2D eigenvalue weighted by atomic mass is 9.77. The highest BCUT2D eigenvalue weighted by Gasteiger charge is 2.53. The molecule has 0 bridgehead atoms. The molecule has 0 radical (unpaired) electrons. The van der Waals surface area contributed by atoms with Gasteiger partial charge in [0.05, 0.1) is 5.92 Å². The fourth-order valence-electron chi connectivity index (χ4n) is 4.81. The first-order valence-electron chi connectivity index (χ1n) is 12.0. The lowest BCUT2D eigenvalue weighted by molar-refractivity contribution is -0.155. The van der Waals surface area contributed by atoms with Crippen LogP contribution in [0.15, 0.2) is 30.3 Å². The number of carbonyl (C=O) groups is 5. The van der Waals surface area contributed by atoms with Gasteiger partial charge >= 0.3 is 18.0 Å². The zero-order chi connectivity index (χ0) is 25.0. The number of urea groups is 2. The predicted molar refractivity (Wildman–Crippen MR) is 125 cm³/mol. The van der Waals surface area contributed by atoms with E-state index in [1.54, 1.807) is 17.0 Å². The third kappa shape index (κ3) is 5.55. The number of hydrazine groups is 1. The Balaban J connectivity index is 1.24. The van der Waals surface area contributed by atoms with Crippen molar-refractivity contribution < 1.29 is 28.7 Å². The van der Waals surface area contributed by atoms with Gasteiger partial charge in [-0.2, -0.15) is 5.01 Å². The van der Waals surface area contributed by atoms with Gasteiger partial charge in [0.15, 0.2) is 6.61 Å². The van der Waals surface area contributed by atoms with Gasteiger partial charge < -0.3 is 20.3 Å². The van der Waals surface area contributed by atoms with Crippen LogP contribution in [0.4, 0.5) is 15.3 Å². The van der Waals surface area contributed by atoms with Gasteiger partial charge in [-0.1, -0.05) is 25.1 Å². The molecule has 2 aliphatic heterocycles. The molecule has 35 heavy (non-hydrogen) atoms. The van der Waals surface area contributed by atoms with Gasteiger partial charge in [-0.05, 0) is 56.6 Å². The Labute approximate surface area is 203 Å². The number of hydrogen-bond acceptors (Lipinski definition) is 6. The van der Waals surface area contributed by atoms with Crippen molar-refractivity contribution in [1.82, 2.24) is 20.7 Å². The smallest absolute Gasteiger partial charge is 0.344 e. The monoisotopic (exact) mass is 485 g/mol. The third-order valence-electron chi connectivity index (χ3n) is 6.94. The van der Waals surface area contributed by atoms with Crippen LogP contribution in [0, 0.1) is 11.8 Å². The van der Waals surface area contributed by atoms with Crippen molar-refractivity contribution in [3.8, 4) is 0 Å². The number of hydrogen-bond donors (Lipinski definition) is 3. The summed E-state index contributed by atoms with van der Waals surface area (Å²) in [5, 5.41) is 6.19. The lowest BCUT2D eigenvalue weighted by Gasteiger charge is -2.33. The van der Waals surface area contributed by atoms with Gasteiger partial charge in [0.1, 0.15) is 5.54 Å². The zero-order valence-corrected chi connectivity index (χ0v) is 19.7. The standard InChI is InChI=1S/C24H31N5O6/c1-16-9-11-24(12-10-16)21(32)29(23(34)26-24)27-19(30)15-35-20(31)17-6-5-13-28(14-17)22(33)25-18-7-3-2-4-8-18/h2-4,7-8,16-17H,5-6,9-15H2,1H3,(H,25,33)(H,26,34)(H,27,30). The molecule has 4 rings (SSSR count). The molecular weight excluding hydrogens is 454 g/mol. The van der Waals surface area contributed by atoms with E-state index in [4.69, 9.17) is 4.74 Å². The number of nitrogens with zero attached hydrogens (tertiary/aromatic N) is 2. The highest BCUT2D eigenvalue weighted by molar-refractivity contribution is 6.08. The molecule has 0 aromatic heterocycles. The van der Waals surface area contributed by atoms with E-state index in [0.29, 0.717) is 48.8 Å². The lowest BCUT2D eigenvalue weighted by Crippen LogP contribution is -2.52. The molecule has 2 saturated heterocycles. The summed E-state index contributed by atoms with van der Waals surface area (Å²) >= 11 is 0. The van der Waals surface area contributed by atoms with Crippen LogP contribution >= 0.6 is 0 Å². The Morgan fingerprint density at radius 3 is 2.54 bits per heavy atom. The Bertz CT molecular complexity index is 991. The molecule has 3 N–H and O–H groups in total. The normalized spacial score (nSPS) is 26.3. The molecule has 1 aliphatic carbocycles. The van der Waals surface area contributed by atoms with Crippen molar-refractivity contribution in [2.45, 2.75) is 51.0 Å². The zero-order valence-electron chi connectivity index (χ0n) is 19.7. The molecule has 11 heteroatoms. The topological polar surface area (TPSA) is 137 Å². The van der Waals surface area contributed by atoms with Crippen molar-refractivity contribution in [2.75, 3.05) is 25.0 Å². The molecule has 1 aromatic rings. The highest BCUT2D eigenvalue weighted by atomic mass is 16.5. The second-order valence-corrected chi connectivity index (χ2v) is 9.56. The number of carbonyl (C=O) groups excluding carboxylic acids is 5. The summed E-state index contributed by atoms with van der Waals surface area (Å²) < 4.78 is 5.14. The van der Waals surface area contributed by atoms with E-state index in [-0.39, 0.29) is 12.6 Å². The van der Waals surface area contributed by atoms with Crippen molar-refractivity contribution >= 4 is 35.5 Å². The summed E-state index contributed by atoms with van der Waals surface area (Å²) in [6.07, 6.45) is 3.83. The number of benzene rings is 1. The van der Waals surface area contributed by atoms with E-state index in [9.17, 15) is 24.0 Å². The van der Waals surface area contributed by atoms with Crippen LogP contribution in [0.2, 0.25) is 0 Å². The number of esters is 1. The molecule has 6 amide bonds. The Morgan fingerprint density at radius 1 is 1.11 bits per heavy atom. The van der Waals surface area contributed by atoms with Crippen LogP contribution in [0.3, 0.4) is 0 Å². The van der Waals surface area contributed by atoms with Crippen molar-refractivity contribution in [2.24, 2.45) is 11.8 Å². The van der Waals surface area contributed by atoms with Gasteiger partial charge in [-0.3, -0.25) is 19.8 Å². The van der Waals surface area contributed by atoms with Crippen molar-refractivity contribution in [3.63, 3.8) is 0 Å². The fraction of sp³-hybridized carbons (Fsp3) is 0.542. The minimum Gasteiger partial charge on any atom is -0.455 e. The number of amides is 6. The molecule has 1 atom stereocenters. The van der Waals surface area contributed by atoms with E-state index >= 15 is 0 Å². The molecule has 3 aliphatic rings.